The Morgan fingerprint density at radius 2 is 2.19 bits per heavy atom. The Balaban J connectivity index is 1.96. The highest BCUT2D eigenvalue weighted by molar-refractivity contribution is 5.81. The Hall–Kier alpha value is -2.64. The molecule has 0 unspecified atom stereocenters. The van der Waals surface area contributed by atoms with E-state index in [1.54, 1.807) is 6.20 Å². The summed E-state index contributed by atoms with van der Waals surface area (Å²) < 4.78 is 2.15. The van der Waals surface area contributed by atoms with E-state index >= 15 is 0 Å². The summed E-state index contributed by atoms with van der Waals surface area (Å²) in [6, 6.07) is 14.5. The summed E-state index contributed by atoms with van der Waals surface area (Å²) in [5.41, 5.74) is 3.87. The van der Waals surface area contributed by atoms with E-state index < -0.39 is 0 Å². The van der Waals surface area contributed by atoms with Gasteiger partial charge in [-0.05, 0) is 42.3 Å². The summed E-state index contributed by atoms with van der Waals surface area (Å²) in [6.45, 7) is 1.52. The van der Waals surface area contributed by atoms with E-state index in [9.17, 15) is 0 Å². The molecule has 21 heavy (non-hydrogen) atoms. The highest BCUT2D eigenvalue weighted by Gasteiger charge is 2.06. The SMILES string of the molecule is CNCc1ccc2c(ccn2Cc2cccnc2C#N)c1. The Bertz CT molecular complexity index is 811. The predicted molar refractivity (Wildman–Crippen MR) is 82.8 cm³/mol. The van der Waals surface area contributed by atoms with Crippen molar-refractivity contribution in [2.75, 3.05) is 7.05 Å². The van der Waals surface area contributed by atoms with Gasteiger partial charge in [0, 0.05) is 30.0 Å². The molecule has 2 aromatic heterocycles. The molecule has 0 aliphatic carbocycles. The lowest BCUT2D eigenvalue weighted by Crippen LogP contribution is -2.05. The van der Waals surface area contributed by atoms with Crippen LogP contribution in [-0.2, 0) is 13.1 Å². The van der Waals surface area contributed by atoms with Gasteiger partial charge >= 0.3 is 0 Å². The first-order chi connectivity index (χ1) is 10.3. The van der Waals surface area contributed by atoms with Crippen molar-refractivity contribution in [3.05, 3.63) is 65.6 Å². The molecule has 2 heterocycles. The fourth-order valence-electron chi connectivity index (χ4n) is 2.55. The van der Waals surface area contributed by atoms with Gasteiger partial charge in [-0.15, -0.1) is 0 Å². The molecule has 0 aliphatic heterocycles. The maximum atomic E-state index is 9.13. The number of pyridine rings is 1. The summed E-state index contributed by atoms with van der Waals surface area (Å²) in [5, 5.41) is 13.5. The van der Waals surface area contributed by atoms with Crippen LogP contribution in [-0.4, -0.2) is 16.6 Å². The van der Waals surface area contributed by atoms with Crippen molar-refractivity contribution in [1.29, 1.82) is 5.26 Å². The number of aromatic nitrogens is 2. The molecule has 0 bridgehead atoms. The van der Waals surface area contributed by atoms with Crippen LogP contribution < -0.4 is 5.32 Å². The van der Waals surface area contributed by atoms with Crippen LogP contribution >= 0.6 is 0 Å². The standard InChI is InChI=1S/C17H16N4/c1-19-11-13-4-5-17-14(9-13)6-8-21(17)12-15-3-2-7-20-16(15)10-18/h2-9,19H,11-12H2,1H3. The largest absolute Gasteiger partial charge is 0.343 e. The first kappa shape index (κ1) is 13.3. The summed E-state index contributed by atoms with van der Waals surface area (Å²) in [7, 11) is 1.95. The van der Waals surface area contributed by atoms with Crippen molar-refractivity contribution in [3.63, 3.8) is 0 Å². The molecule has 1 aromatic carbocycles. The molecule has 0 saturated carbocycles. The summed E-state index contributed by atoms with van der Waals surface area (Å²) in [5.74, 6) is 0. The third-order valence-electron chi connectivity index (χ3n) is 3.55. The normalized spacial score (nSPS) is 10.7. The van der Waals surface area contributed by atoms with Gasteiger partial charge in [0.15, 0.2) is 0 Å². The van der Waals surface area contributed by atoms with Crippen LogP contribution in [0.5, 0.6) is 0 Å². The molecule has 0 fully saturated rings. The molecule has 0 atom stereocenters. The maximum absolute atomic E-state index is 9.13. The molecule has 4 heteroatoms. The average molecular weight is 276 g/mol. The van der Waals surface area contributed by atoms with Crippen molar-refractivity contribution in [2.45, 2.75) is 13.1 Å². The summed E-state index contributed by atoms with van der Waals surface area (Å²) in [6.07, 6.45) is 3.71. The summed E-state index contributed by atoms with van der Waals surface area (Å²) >= 11 is 0. The molecule has 0 radical (unpaired) electrons. The van der Waals surface area contributed by atoms with Gasteiger partial charge in [-0.3, -0.25) is 0 Å². The smallest absolute Gasteiger partial charge is 0.145 e. The molecule has 1 N–H and O–H groups in total. The van der Waals surface area contributed by atoms with Gasteiger partial charge in [-0.25, -0.2) is 4.98 Å². The molecule has 0 spiro atoms. The van der Waals surface area contributed by atoms with Crippen LogP contribution in [0.2, 0.25) is 0 Å². The van der Waals surface area contributed by atoms with Crippen LogP contribution in [0.15, 0.2) is 48.8 Å². The highest BCUT2D eigenvalue weighted by Crippen LogP contribution is 2.19. The van der Waals surface area contributed by atoms with Crippen molar-refractivity contribution in [2.24, 2.45) is 0 Å². The fourth-order valence-corrected chi connectivity index (χ4v) is 2.55. The number of hydrogen-bond acceptors (Lipinski definition) is 3. The van der Waals surface area contributed by atoms with Crippen molar-refractivity contribution >= 4 is 10.9 Å². The second kappa shape index (κ2) is 5.78. The number of hydrogen-bond donors (Lipinski definition) is 1. The lowest BCUT2D eigenvalue weighted by molar-refractivity contribution is 0.816. The quantitative estimate of drug-likeness (QED) is 0.797. The zero-order valence-electron chi connectivity index (χ0n) is 11.9. The molecule has 3 rings (SSSR count). The number of fused-ring (bicyclic) bond motifs is 1. The lowest BCUT2D eigenvalue weighted by Gasteiger charge is -2.07. The highest BCUT2D eigenvalue weighted by atomic mass is 15.0. The van der Waals surface area contributed by atoms with E-state index in [4.69, 9.17) is 5.26 Å². The van der Waals surface area contributed by atoms with Crippen molar-refractivity contribution in [3.8, 4) is 6.07 Å². The van der Waals surface area contributed by atoms with Crippen molar-refractivity contribution in [1.82, 2.24) is 14.9 Å². The number of nitrogens with zero attached hydrogens (tertiary/aromatic N) is 3. The zero-order chi connectivity index (χ0) is 14.7. The predicted octanol–water partition coefficient (Wildman–Crippen LogP) is 2.68. The molecule has 104 valence electrons. The van der Waals surface area contributed by atoms with Gasteiger partial charge in [0.2, 0.25) is 0 Å². The molecule has 4 nitrogen and oxygen atoms in total. The average Bonchev–Trinajstić information content (AvgIpc) is 2.91. The second-order valence-corrected chi connectivity index (χ2v) is 4.99. The number of rotatable bonds is 4. The Kier molecular flexibility index (Phi) is 3.67. The van der Waals surface area contributed by atoms with E-state index in [-0.39, 0.29) is 0 Å². The van der Waals surface area contributed by atoms with Gasteiger partial charge in [-0.1, -0.05) is 12.1 Å². The fraction of sp³-hybridized carbons (Fsp3) is 0.176. The zero-order valence-corrected chi connectivity index (χ0v) is 11.9. The Morgan fingerprint density at radius 3 is 3.00 bits per heavy atom. The van der Waals surface area contributed by atoms with Gasteiger partial charge in [0.25, 0.3) is 0 Å². The van der Waals surface area contributed by atoms with Crippen LogP contribution in [0.3, 0.4) is 0 Å². The Labute approximate surface area is 123 Å². The van der Waals surface area contributed by atoms with Gasteiger partial charge in [0.1, 0.15) is 11.8 Å². The molecule has 0 amide bonds. The molecular weight excluding hydrogens is 260 g/mol. The first-order valence-electron chi connectivity index (χ1n) is 6.88. The van der Waals surface area contributed by atoms with Crippen LogP contribution in [0.1, 0.15) is 16.8 Å². The van der Waals surface area contributed by atoms with E-state index in [0.29, 0.717) is 12.2 Å². The molecule has 0 saturated heterocycles. The minimum absolute atomic E-state index is 0.492. The second-order valence-electron chi connectivity index (χ2n) is 4.99. The third kappa shape index (κ3) is 2.64. The maximum Gasteiger partial charge on any atom is 0.145 e. The minimum atomic E-state index is 0.492. The van der Waals surface area contributed by atoms with E-state index in [1.165, 1.54) is 16.5 Å². The first-order valence-corrected chi connectivity index (χ1v) is 6.88. The number of nitriles is 1. The van der Waals surface area contributed by atoms with Gasteiger partial charge in [0.05, 0.1) is 6.54 Å². The van der Waals surface area contributed by atoms with E-state index in [1.807, 2.05) is 19.2 Å². The van der Waals surface area contributed by atoms with Crippen LogP contribution in [0.25, 0.3) is 10.9 Å². The lowest BCUT2D eigenvalue weighted by atomic mass is 10.1. The summed E-state index contributed by atoms with van der Waals surface area (Å²) in [4.78, 5) is 4.11. The monoisotopic (exact) mass is 276 g/mol. The molecular formula is C17H16N4. The van der Waals surface area contributed by atoms with Gasteiger partial charge in [-0.2, -0.15) is 5.26 Å². The van der Waals surface area contributed by atoms with E-state index in [0.717, 1.165) is 12.1 Å². The topological polar surface area (TPSA) is 53.6 Å². The molecule has 0 aliphatic rings. The third-order valence-corrected chi connectivity index (χ3v) is 3.55. The minimum Gasteiger partial charge on any atom is -0.343 e. The molecule has 3 aromatic rings. The number of nitrogens with one attached hydrogen (secondary N) is 1. The Morgan fingerprint density at radius 1 is 1.29 bits per heavy atom. The van der Waals surface area contributed by atoms with Crippen molar-refractivity contribution < 1.29 is 0 Å². The van der Waals surface area contributed by atoms with Crippen LogP contribution in [0.4, 0.5) is 0 Å². The van der Waals surface area contributed by atoms with Gasteiger partial charge < -0.3 is 9.88 Å². The number of benzene rings is 1. The van der Waals surface area contributed by atoms with E-state index in [2.05, 4.69) is 51.4 Å². The van der Waals surface area contributed by atoms with Crippen LogP contribution in [0, 0.1) is 11.3 Å².